The van der Waals surface area contributed by atoms with E-state index in [9.17, 15) is 9.59 Å². The molecule has 0 radical (unpaired) electrons. The molecule has 0 aliphatic heterocycles. The normalized spacial score (nSPS) is 10.4. The second-order valence-electron chi connectivity index (χ2n) is 2.79. The third kappa shape index (κ3) is 1.32. The summed E-state index contributed by atoms with van der Waals surface area (Å²) in [6.07, 6.45) is 2.63. The fourth-order valence-corrected chi connectivity index (χ4v) is 1.30. The largest absolute Gasteiger partial charge is 0.475 e. The molecule has 76 valence electrons. The lowest BCUT2D eigenvalue weighted by Gasteiger charge is -1.87. The Labute approximate surface area is 82.8 Å². The molecule has 0 unspecified atom stereocenters. The van der Waals surface area contributed by atoms with Crippen LogP contribution < -0.4 is 0 Å². The number of furan rings is 1. The van der Waals surface area contributed by atoms with Crippen LogP contribution in [0, 0.1) is 0 Å². The molecule has 0 aliphatic carbocycles. The average molecular weight is 207 g/mol. The van der Waals surface area contributed by atoms with Crippen LogP contribution in [-0.2, 0) is 0 Å². The Bertz CT molecular complexity index is 509. The number of carbonyl (C=O) groups is 2. The molecule has 0 bridgehead atoms. The molecule has 0 fully saturated rings. The van der Waals surface area contributed by atoms with Gasteiger partial charge in [0.1, 0.15) is 0 Å². The molecule has 0 amide bonds. The predicted octanol–water partition coefficient (Wildman–Crippen LogP) is 1.22. The van der Waals surface area contributed by atoms with Crippen molar-refractivity contribution in [1.29, 1.82) is 0 Å². The van der Waals surface area contributed by atoms with Gasteiger partial charge in [0.15, 0.2) is 0 Å². The second kappa shape index (κ2) is 3.09. The number of hydrogen-bond acceptors (Lipinski definition) is 4. The Morgan fingerprint density at radius 3 is 2.33 bits per heavy atom. The van der Waals surface area contributed by atoms with E-state index in [0.717, 1.165) is 0 Å². The van der Waals surface area contributed by atoms with E-state index in [2.05, 4.69) is 4.98 Å². The Morgan fingerprint density at radius 2 is 1.73 bits per heavy atom. The molecular weight excluding hydrogens is 202 g/mol. The monoisotopic (exact) mass is 207 g/mol. The van der Waals surface area contributed by atoms with Gasteiger partial charge in [-0.05, 0) is 6.07 Å². The van der Waals surface area contributed by atoms with Crippen LogP contribution in [0.5, 0.6) is 0 Å². The van der Waals surface area contributed by atoms with Gasteiger partial charge in [0.2, 0.25) is 11.5 Å². The van der Waals surface area contributed by atoms with Gasteiger partial charge in [-0.3, -0.25) is 4.98 Å². The summed E-state index contributed by atoms with van der Waals surface area (Å²) >= 11 is 0. The quantitative estimate of drug-likeness (QED) is 0.767. The molecule has 0 atom stereocenters. The smallest absolute Gasteiger partial charge is 0.372 e. The van der Waals surface area contributed by atoms with E-state index < -0.39 is 17.7 Å². The zero-order chi connectivity index (χ0) is 11.0. The first-order chi connectivity index (χ1) is 7.11. The molecule has 0 aliphatic rings. The molecule has 2 aromatic rings. The molecule has 2 rings (SSSR count). The van der Waals surface area contributed by atoms with Gasteiger partial charge in [-0.1, -0.05) is 0 Å². The fourth-order valence-electron chi connectivity index (χ4n) is 1.30. The van der Waals surface area contributed by atoms with Crippen LogP contribution in [0.2, 0.25) is 0 Å². The molecule has 6 heteroatoms. The van der Waals surface area contributed by atoms with Crippen LogP contribution in [0.15, 0.2) is 22.9 Å². The van der Waals surface area contributed by atoms with E-state index in [0.29, 0.717) is 0 Å². The van der Waals surface area contributed by atoms with Crippen molar-refractivity contribution < 1.29 is 24.2 Å². The molecular formula is C9H5NO5. The lowest BCUT2D eigenvalue weighted by atomic mass is 10.2. The van der Waals surface area contributed by atoms with Gasteiger partial charge in [0.25, 0.3) is 0 Å². The summed E-state index contributed by atoms with van der Waals surface area (Å²) in [5.41, 5.74) is 0. The number of carboxylic acids is 2. The molecule has 6 nitrogen and oxygen atoms in total. The lowest BCUT2D eigenvalue weighted by molar-refractivity contribution is 0.0635. The molecule has 2 heterocycles. The van der Waals surface area contributed by atoms with Gasteiger partial charge in [0, 0.05) is 17.8 Å². The van der Waals surface area contributed by atoms with Gasteiger partial charge in [0.05, 0.1) is 5.39 Å². The summed E-state index contributed by atoms with van der Waals surface area (Å²) in [6, 6.07) is 1.40. The minimum atomic E-state index is -1.32. The first-order valence-electron chi connectivity index (χ1n) is 3.94. The highest BCUT2D eigenvalue weighted by atomic mass is 16.4. The number of aromatic carboxylic acids is 2. The molecule has 0 saturated heterocycles. The van der Waals surface area contributed by atoms with E-state index in [-0.39, 0.29) is 16.5 Å². The van der Waals surface area contributed by atoms with Crippen molar-refractivity contribution in [3.05, 3.63) is 30.0 Å². The number of nitrogens with zero attached hydrogens (tertiary/aromatic N) is 1. The van der Waals surface area contributed by atoms with Crippen LogP contribution in [-0.4, -0.2) is 27.1 Å². The van der Waals surface area contributed by atoms with E-state index >= 15 is 0 Å². The van der Waals surface area contributed by atoms with Crippen molar-refractivity contribution in [3.8, 4) is 0 Å². The molecule has 15 heavy (non-hydrogen) atoms. The summed E-state index contributed by atoms with van der Waals surface area (Å²) < 4.78 is 4.75. The number of rotatable bonds is 2. The summed E-state index contributed by atoms with van der Waals surface area (Å²) in [7, 11) is 0. The zero-order valence-corrected chi connectivity index (χ0v) is 7.30. The summed E-state index contributed by atoms with van der Waals surface area (Å²) in [4.78, 5) is 25.2. The van der Waals surface area contributed by atoms with Crippen LogP contribution in [0.4, 0.5) is 0 Å². The van der Waals surface area contributed by atoms with Gasteiger partial charge < -0.3 is 14.6 Å². The third-order valence-electron chi connectivity index (χ3n) is 1.90. The summed E-state index contributed by atoms with van der Waals surface area (Å²) in [5, 5.41) is 17.9. The van der Waals surface area contributed by atoms with Gasteiger partial charge in [-0.25, -0.2) is 9.59 Å². The second-order valence-corrected chi connectivity index (χ2v) is 2.79. The van der Waals surface area contributed by atoms with Gasteiger partial charge >= 0.3 is 11.9 Å². The fraction of sp³-hybridized carbons (Fsp3) is 0. The molecule has 2 aromatic heterocycles. The summed E-state index contributed by atoms with van der Waals surface area (Å²) in [6.45, 7) is 0. The highest BCUT2D eigenvalue weighted by Crippen LogP contribution is 2.25. The van der Waals surface area contributed by atoms with E-state index in [1.807, 2.05) is 0 Å². The maximum absolute atomic E-state index is 10.7. The number of aromatic nitrogens is 1. The molecule has 0 spiro atoms. The number of pyridine rings is 1. The minimum Gasteiger partial charge on any atom is -0.475 e. The first kappa shape index (κ1) is 9.20. The van der Waals surface area contributed by atoms with E-state index in [1.165, 1.54) is 18.5 Å². The predicted molar refractivity (Wildman–Crippen MR) is 47.9 cm³/mol. The standard InChI is InChI=1S/C9H5NO5/c11-8(12)6-4-1-2-10-3-5(4)7(15-6)9(13)14/h1-3H,(H,11,12)(H,13,14). The first-order valence-corrected chi connectivity index (χ1v) is 3.94. The van der Waals surface area contributed by atoms with Crippen LogP contribution in [0.3, 0.4) is 0 Å². The third-order valence-corrected chi connectivity index (χ3v) is 1.90. The Hall–Kier alpha value is -2.37. The topological polar surface area (TPSA) is 101 Å². The Balaban J connectivity index is 2.85. The van der Waals surface area contributed by atoms with Gasteiger partial charge in [-0.2, -0.15) is 0 Å². The van der Waals surface area contributed by atoms with Crippen LogP contribution >= 0.6 is 0 Å². The zero-order valence-electron chi connectivity index (χ0n) is 7.30. The Morgan fingerprint density at radius 1 is 1.13 bits per heavy atom. The van der Waals surface area contributed by atoms with Crippen molar-refractivity contribution in [2.24, 2.45) is 0 Å². The van der Waals surface area contributed by atoms with Crippen LogP contribution in [0.1, 0.15) is 21.1 Å². The lowest BCUT2D eigenvalue weighted by Crippen LogP contribution is -1.95. The summed E-state index contributed by atoms with van der Waals surface area (Å²) in [5.74, 6) is -3.42. The van der Waals surface area contributed by atoms with Crippen LogP contribution in [0.25, 0.3) is 10.8 Å². The molecule has 0 saturated carbocycles. The average Bonchev–Trinajstić information content (AvgIpc) is 2.56. The molecule has 2 N–H and O–H groups in total. The van der Waals surface area contributed by atoms with E-state index in [4.69, 9.17) is 14.6 Å². The van der Waals surface area contributed by atoms with E-state index in [1.54, 1.807) is 0 Å². The number of carboxylic acid groups (broad SMARTS) is 2. The van der Waals surface area contributed by atoms with Crippen molar-refractivity contribution in [3.63, 3.8) is 0 Å². The van der Waals surface area contributed by atoms with Crippen molar-refractivity contribution in [1.82, 2.24) is 4.98 Å². The van der Waals surface area contributed by atoms with Crippen molar-refractivity contribution in [2.45, 2.75) is 0 Å². The minimum absolute atomic E-state index is 0.183. The number of hydrogen-bond donors (Lipinski definition) is 2. The van der Waals surface area contributed by atoms with Crippen molar-refractivity contribution >= 4 is 22.7 Å². The maximum Gasteiger partial charge on any atom is 0.372 e. The molecule has 0 aromatic carbocycles. The van der Waals surface area contributed by atoms with Crippen molar-refractivity contribution in [2.75, 3.05) is 0 Å². The maximum atomic E-state index is 10.7. The highest BCUT2D eigenvalue weighted by Gasteiger charge is 2.22. The number of fused-ring (bicyclic) bond motifs is 1. The Kier molecular flexibility index (Phi) is 1.89. The van der Waals surface area contributed by atoms with Gasteiger partial charge in [-0.15, -0.1) is 0 Å². The SMILES string of the molecule is O=C(O)c1oc(C(=O)O)c2cnccc12. The highest BCUT2D eigenvalue weighted by molar-refractivity contribution is 6.08.